The van der Waals surface area contributed by atoms with Crippen LogP contribution in [-0.2, 0) is 11.3 Å². The number of likely N-dealkylation sites (N-methyl/N-ethyl adjacent to an activating group) is 1. The van der Waals surface area contributed by atoms with Gasteiger partial charge in [0.25, 0.3) is 5.91 Å². The first kappa shape index (κ1) is 17.0. The van der Waals surface area contributed by atoms with E-state index in [1.54, 1.807) is 37.3 Å². The van der Waals surface area contributed by atoms with Crippen molar-refractivity contribution >= 4 is 28.5 Å². The molecule has 1 heterocycles. The Balaban J connectivity index is 1.64. The van der Waals surface area contributed by atoms with Crippen LogP contribution in [-0.4, -0.2) is 46.7 Å². The fourth-order valence-corrected chi connectivity index (χ4v) is 2.54. The fourth-order valence-electron chi connectivity index (χ4n) is 2.37. The number of ether oxygens (including phenoxy) is 1. The minimum Gasteiger partial charge on any atom is -0.496 e. The largest absolute Gasteiger partial charge is 0.496 e. The summed E-state index contributed by atoms with van der Waals surface area (Å²) >= 11 is 5.97. The number of amides is 1. The molecule has 3 aromatic rings. The van der Waals surface area contributed by atoms with Crippen LogP contribution in [0.3, 0.4) is 0 Å². The van der Waals surface area contributed by atoms with E-state index in [1.807, 2.05) is 24.3 Å². The number of methoxy groups -OCH3 is 1. The second-order valence-electron chi connectivity index (χ2n) is 5.43. The molecule has 0 unspecified atom stereocenters. The summed E-state index contributed by atoms with van der Waals surface area (Å²) < 4.78 is 5.30. The lowest BCUT2D eigenvalue weighted by Crippen LogP contribution is -2.33. The number of fused-ring (bicyclic) bond motifs is 1. The van der Waals surface area contributed by atoms with Crippen LogP contribution in [0.2, 0.25) is 5.02 Å². The standard InChI is InChI=1S/C17H17ClN4O3/c1-21(10-12-5-3-4-6-16(12)24-2)17(23)11-25-22-15-9-13(18)7-8-14(15)19-20-22/h3-9H,10-11H2,1-2H3. The molecule has 0 saturated heterocycles. The van der Waals surface area contributed by atoms with Crippen LogP contribution in [0.4, 0.5) is 0 Å². The van der Waals surface area contributed by atoms with Crippen molar-refractivity contribution in [3.05, 3.63) is 53.1 Å². The summed E-state index contributed by atoms with van der Waals surface area (Å²) in [6, 6.07) is 12.7. The molecule has 0 N–H and O–H groups in total. The van der Waals surface area contributed by atoms with Gasteiger partial charge in [0.15, 0.2) is 6.61 Å². The minimum atomic E-state index is -0.198. The maximum atomic E-state index is 12.3. The Kier molecular flexibility index (Phi) is 5.04. The predicted octanol–water partition coefficient (Wildman–Crippen LogP) is 2.18. The van der Waals surface area contributed by atoms with Crippen LogP contribution >= 0.6 is 11.6 Å². The van der Waals surface area contributed by atoms with Gasteiger partial charge < -0.3 is 14.5 Å². The number of hydrogen-bond donors (Lipinski definition) is 0. The van der Waals surface area contributed by atoms with Crippen LogP contribution in [0.5, 0.6) is 5.75 Å². The monoisotopic (exact) mass is 360 g/mol. The topological polar surface area (TPSA) is 69.5 Å². The lowest BCUT2D eigenvalue weighted by molar-refractivity contribution is -0.136. The van der Waals surface area contributed by atoms with Gasteiger partial charge in [0.05, 0.1) is 7.11 Å². The van der Waals surface area contributed by atoms with Crippen LogP contribution in [0.25, 0.3) is 11.0 Å². The van der Waals surface area contributed by atoms with Gasteiger partial charge in [-0.15, -0.1) is 5.10 Å². The number of halogens is 1. The van der Waals surface area contributed by atoms with Crippen molar-refractivity contribution in [2.45, 2.75) is 6.54 Å². The highest BCUT2D eigenvalue weighted by molar-refractivity contribution is 6.31. The summed E-state index contributed by atoms with van der Waals surface area (Å²) in [6.07, 6.45) is 0. The van der Waals surface area contributed by atoms with Gasteiger partial charge in [-0.3, -0.25) is 4.79 Å². The average Bonchev–Trinajstić information content (AvgIpc) is 3.02. The maximum Gasteiger partial charge on any atom is 0.263 e. The summed E-state index contributed by atoms with van der Waals surface area (Å²) in [5, 5.41) is 8.38. The highest BCUT2D eigenvalue weighted by Crippen LogP contribution is 2.19. The van der Waals surface area contributed by atoms with Crippen molar-refractivity contribution in [2.75, 3.05) is 20.8 Å². The molecule has 130 valence electrons. The molecule has 0 aliphatic rings. The van der Waals surface area contributed by atoms with Crippen molar-refractivity contribution < 1.29 is 14.4 Å². The Bertz CT molecular complexity index is 896. The van der Waals surface area contributed by atoms with E-state index >= 15 is 0 Å². The normalized spacial score (nSPS) is 10.7. The average molecular weight is 361 g/mol. The molecule has 0 aliphatic heterocycles. The zero-order valence-electron chi connectivity index (χ0n) is 13.8. The number of rotatable bonds is 6. The van der Waals surface area contributed by atoms with E-state index in [4.69, 9.17) is 21.2 Å². The lowest BCUT2D eigenvalue weighted by atomic mass is 10.2. The number of carbonyl (C=O) groups is 1. The molecule has 0 spiro atoms. The van der Waals surface area contributed by atoms with Gasteiger partial charge in [-0.1, -0.05) is 34.6 Å². The van der Waals surface area contributed by atoms with Crippen molar-refractivity contribution in [1.29, 1.82) is 0 Å². The molecular formula is C17H17ClN4O3. The van der Waals surface area contributed by atoms with E-state index < -0.39 is 0 Å². The van der Waals surface area contributed by atoms with Gasteiger partial charge in [-0.05, 0) is 29.5 Å². The molecular weight excluding hydrogens is 344 g/mol. The minimum absolute atomic E-state index is 0.170. The maximum absolute atomic E-state index is 12.3. The number of para-hydroxylation sites is 1. The Hall–Kier alpha value is -2.80. The second kappa shape index (κ2) is 7.40. The number of nitrogens with zero attached hydrogens (tertiary/aromatic N) is 4. The molecule has 0 radical (unpaired) electrons. The van der Waals surface area contributed by atoms with Gasteiger partial charge in [-0.25, -0.2) is 0 Å². The molecule has 1 amide bonds. The molecule has 0 saturated carbocycles. The Labute approximate surface area is 149 Å². The van der Waals surface area contributed by atoms with Crippen LogP contribution in [0.15, 0.2) is 42.5 Å². The zero-order chi connectivity index (χ0) is 17.8. The quantitative estimate of drug-likeness (QED) is 0.674. The lowest BCUT2D eigenvalue weighted by Gasteiger charge is -2.18. The number of hydrogen-bond acceptors (Lipinski definition) is 5. The van der Waals surface area contributed by atoms with Crippen molar-refractivity contribution in [3.8, 4) is 5.75 Å². The van der Waals surface area contributed by atoms with E-state index in [9.17, 15) is 4.79 Å². The van der Waals surface area contributed by atoms with Gasteiger partial charge in [0, 0.05) is 24.2 Å². The fraction of sp³-hybridized carbons (Fsp3) is 0.235. The number of benzene rings is 2. The predicted molar refractivity (Wildman–Crippen MR) is 93.5 cm³/mol. The Morgan fingerprint density at radius 3 is 2.88 bits per heavy atom. The van der Waals surface area contributed by atoms with E-state index in [-0.39, 0.29) is 12.5 Å². The first-order valence-corrected chi connectivity index (χ1v) is 7.96. The molecule has 7 nitrogen and oxygen atoms in total. The van der Waals surface area contributed by atoms with Crippen molar-refractivity contribution in [1.82, 2.24) is 20.1 Å². The molecule has 25 heavy (non-hydrogen) atoms. The second-order valence-corrected chi connectivity index (χ2v) is 5.87. The summed E-state index contributed by atoms with van der Waals surface area (Å²) in [5.74, 6) is 0.538. The van der Waals surface area contributed by atoms with E-state index in [2.05, 4.69) is 10.3 Å². The van der Waals surface area contributed by atoms with E-state index in [0.29, 0.717) is 22.6 Å². The molecule has 8 heteroatoms. The third kappa shape index (κ3) is 3.83. The summed E-state index contributed by atoms with van der Waals surface area (Å²) in [4.78, 5) is 20.5. The van der Waals surface area contributed by atoms with E-state index in [1.165, 1.54) is 4.85 Å². The summed E-state index contributed by atoms with van der Waals surface area (Å²) in [6.45, 7) is 0.243. The highest BCUT2D eigenvalue weighted by Gasteiger charge is 2.14. The molecule has 3 rings (SSSR count). The molecule has 0 aliphatic carbocycles. The highest BCUT2D eigenvalue weighted by atomic mass is 35.5. The van der Waals surface area contributed by atoms with Gasteiger partial charge in [-0.2, -0.15) is 0 Å². The molecule has 0 atom stereocenters. The molecule has 0 fully saturated rings. The first-order chi connectivity index (χ1) is 12.1. The zero-order valence-corrected chi connectivity index (χ0v) is 14.6. The number of carbonyl (C=O) groups excluding carboxylic acids is 1. The number of aromatic nitrogens is 3. The van der Waals surface area contributed by atoms with Crippen molar-refractivity contribution in [2.24, 2.45) is 0 Å². The molecule has 0 bridgehead atoms. The summed E-state index contributed by atoms with van der Waals surface area (Å²) in [5.41, 5.74) is 2.16. The van der Waals surface area contributed by atoms with Gasteiger partial charge in [0.1, 0.15) is 16.8 Å². The van der Waals surface area contributed by atoms with Gasteiger partial charge >= 0.3 is 0 Å². The van der Waals surface area contributed by atoms with Crippen LogP contribution in [0.1, 0.15) is 5.56 Å². The van der Waals surface area contributed by atoms with Crippen molar-refractivity contribution in [3.63, 3.8) is 0 Å². The Morgan fingerprint density at radius 2 is 2.08 bits per heavy atom. The third-order valence-electron chi connectivity index (χ3n) is 3.71. The Morgan fingerprint density at radius 1 is 1.28 bits per heavy atom. The molecule has 2 aromatic carbocycles. The van der Waals surface area contributed by atoms with Crippen LogP contribution < -0.4 is 9.57 Å². The third-order valence-corrected chi connectivity index (χ3v) is 3.95. The smallest absolute Gasteiger partial charge is 0.263 e. The van der Waals surface area contributed by atoms with Gasteiger partial charge in [0.2, 0.25) is 0 Å². The SMILES string of the molecule is COc1ccccc1CN(C)C(=O)COn1nnc2ccc(Cl)cc21. The van der Waals surface area contributed by atoms with E-state index in [0.717, 1.165) is 11.3 Å². The summed E-state index contributed by atoms with van der Waals surface area (Å²) in [7, 11) is 3.30. The first-order valence-electron chi connectivity index (χ1n) is 7.58. The van der Waals surface area contributed by atoms with Crippen LogP contribution in [0, 0.1) is 0 Å². The molecule has 1 aromatic heterocycles.